The third-order valence-corrected chi connectivity index (χ3v) is 15.5. The number of carbonyl (C=O) groups is 9. The summed E-state index contributed by atoms with van der Waals surface area (Å²) in [5.74, 6) is -6.13. The Morgan fingerprint density at radius 1 is 0.707 bits per heavy atom. The van der Waals surface area contributed by atoms with E-state index in [0.717, 1.165) is 0 Å². The highest BCUT2D eigenvalue weighted by Gasteiger charge is 2.44. The average Bonchev–Trinajstić information content (AvgIpc) is 4.09. The molecule has 2 aromatic rings. The Bertz CT molecular complexity index is 2430. The van der Waals surface area contributed by atoms with Crippen LogP contribution in [0.1, 0.15) is 138 Å². The molecule has 0 saturated carbocycles. The first kappa shape index (κ1) is 69.6. The molecule has 1 aliphatic heterocycles. The molecule has 22 heteroatoms. The van der Waals surface area contributed by atoms with Crippen molar-refractivity contribution in [1.29, 1.82) is 0 Å². The number of hydrogen-bond donors (Lipinski definition) is 7. The SMILES string of the molecule is CC[C@H](C)[C@@H]([C@@H](CC(=O)N1CCC[C@H]1[C@H](OC)[C@@H](C)C(=O)N[C@H](C)[C@@H](O)c1ccccc1)OC)N(C)C(=O)[C@@H](NC(=O)[C@H](C(C)C)N(C)C(=O)OCc1ccc(NC(=O)[C@H](C)NC(=O)[C@@H](NC(=O)CCCC(=O)O)C(C)C)cc1)C(C)C. The number of amides is 8. The van der Waals surface area contributed by atoms with Crippen LogP contribution >= 0.6 is 0 Å². The van der Waals surface area contributed by atoms with E-state index in [9.17, 15) is 48.3 Å². The number of rotatable bonds is 32. The topological polar surface area (TPSA) is 292 Å². The lowest BCUT2D eigenvalue weighted by molar-refractivity contribution is -0.148. The van der Waals surface area contributed by atoms with Crippen LogP contribution in [0, 0.1) is 29.6 Å². The zero-order chi connectivity index (χ0) is 61.7. The second kappa shape index (κ2) is 33.5. The highest BCUT2D eigenvalue weighted by molar-refractivity contribution is 5.98. The van der Waals surface area contributed by atoms with Gasteiger partial charge in [0.1, 0.15) is 30.8 Å². The molecule has 0 spiro atoms. The van der Waals surface area contributed by atoms with Crippen molar-refractivity contribution in [2.24, 2.45) is 29.6 Å². The van der Waals surface area contributed by atoms with Gasteiger partial charge in [-0.05, 0) is 80.0 Å². The van der Waals surface area contributed by atoms with Crippen LogP contribution in [0.4, 0.5) is 10.5 Å². The largest absolute Gasteiger partial charge is 0.481 e. The molecule has 1 saturated heterocycles. The quantitative estimate of drug-likeness (QED) is 0.0482. The molecule has 0 aliphatic carbocycles. The summed E-state index contributed by atoms with van der Waals surface area (Å²) in [4.78, 5) is 124. The number of ether oxygens (including phenoxy) is 3. The lowest BCUT2D eigenvalue weighted by Crippen LogP contribution is -2.60. The van der Waals surface area contributed by atoms with Gasteiger partial charge in [-0.2, -0.15) is 0 Å². The Morgan fingerprint density at radius 2 is 1.33 bits per heavy atom. The highest BCUT2D eigenvalue weighted by Crippen LogP contribution is 2.30. The average molecular weight is 1150 g/mol. The van der Waals surface area contributed by atoms with Crippen LogP contribution in [0.15, 0.2) is 54.6 Å². The van der Waals surface area contributed by atoms with E-state index < -0.39 is 120 Å². The molecule has 12 atom stereocenters. The molecular formula is C60H94N8O14. The molecule has 2 aromatic carbocycles. The number of likely N-dealkylation sites (N-methyl/N-ethyl adjacent to an activating group) is 2. The van der Waals surface area contributed by atoms with Crippen LogP contribution in [-0.4, -0.2) is 168 Å². The van der Waals surface area contributed by atoms with Crippen LogP contribution in [0.25, 0.3) is 0 Å². The number of nitrogens with one attached hydrogen (secondary N) is 5. The summed E-state index contributed by atoms with van der Waals surface area (Å²) in [7, 11) is 6.10. The van der Waals surface area contributed by atoms with Gasteiger partial charge in [0.2, 0.25) is 41.4 Å². The molecule has 3 rings (SSSR count). The van der Waals surface area contributed by atoms with E-state index in [2.05, 4.69) is 26.6 Å². The highest BCUT2D eigenvalue weighted by atomic mass is 16.6. The summed E-state index contributed by atoms with van der Waals surface area (Å²) in [6, 6.07) is 9.83. The second-order valence-electron chi connectivity index (χ2n) is 22.8. The third-order valence-electron chi connectivity index (χ3n) is 15.5. The van der Waals surface area contributed by atoms with Crippen molar-refractivity contribution in [2.45, 2.75) is 188 Å². The standard InChI is InChI=1S/C60H94N8O14/c1-16-37(8)52(45(80-14)32-47(70)68-31-21-24-44(68)54(81-15)38(9)55(74)61-39(10)53(73)42-22-18-17-19-23-42)66(12)59(78)50(35(4)5)65-58(77)51(36(6)7)67(13)60(79)82-33-41-27-29-43(30-28-41)63-56(75)40(11)62-57(76)49(34(2)3)64-46(69)25-20-26-48(71)72/h17-19,22-23,27-30,34-40,44-45,49-54,73H,16,20-21,24-26,31-33H2,1-15H3,(H,61,74)(H,62,76)(H,63,75)(H,64,69)(H,65,77)(H,71,72)/t37-,38+,39+,40-,44-,45+,49-,50-,51-,52-,53+,54+/m0/s1. The molecule has 0 radical (unpaired) electrons. The molecule has 1 fully saturated rings. The summed E-state index contributed by atoms with van der Waals surface area (Å²) in [5, 5.41) is 33.6. The van der Waals surface area contributed by atoms with E-state index >= 15 is 0 Å². The lowest BCUT2D eigenvalue weighted by atomic mass is 9.89. The monoisotopic (exact) mass is 1150 g/mol. The fourth-order valence-corrected chi connectivity index (χ4v) is 10.4. The number of carboxylic acids is 1. The summed E-state index contributed by atoms with van der Waals surface area (Å²) < 4.78 is 17.7. The van der Waals surface area contributed by atoms with E-state index in [1.807, 2.05) is 32.0 Å². The van der Waals surface area contributed by atoms with Crippen LogP contribution < -0.4 is 26.6 Å². The number of aliphatic hydroxyl groups is 1. The Hall–Kier alpha value is -6.65. The molecule has 458 valence electrons. The van der Waals surface area contributed by atoms with Crippen LogP contribution in [-0.2, 0) is 59.2 Å². The minimum absolute atomic E-state index is 0.0674. The van der Waals surface area contributed by atoms with Gasteiger partial charge in [0.05, 0.1) is 48.8 Å². The number of benzene rings is 2. The number of likely N-dealkylation sites (tertiary alicyclic amines) is 1. The fraction of sp³-hybridized carbons (Fsp3) is 0.650. The first-order chi connectivity index (χ1) is 38.6. The Balaban J connectivity index is 1.66. The first-order valence-electron chi connectivity index (χ1n) is 28.7. The van der Waals surface area contributed by atoms with E-state index in [-0.39, 0.29) is 55.9 Å². The summed E-state index contributed by atoms with van der Waals surface area (Å²) in [6.07, 6.45) is -1.44. The summed E-state index contributed by atoms with van der Waals surface area (Å²) in [6.45, 7) is 19.8. The predicted octanol–water partition coefficient (Wildman–Crippen LogP) is 5.42. The summed E-state index contributed by atoms with van der Waals surface area (Å²) >= 11 is 0. The van der Waals surface area contributed by atoms with E-state index in [4.69, 9.17) is 19.3 Å². The molecule has 7 N–H and O–H groups in total. The van der Waals surface area contributed by atoms with Crippen molar-refractivity contribution in [3.63, 3.8) is 0 Å². The number of aliphatic carboxylic acids is 1. The van der Waals surface area contributed by atoms with Gasteiger partial charge in [0.25, 0.3) is 0 Å². The van der Waals surface area contributed by atoms with Gasteiger partial charge in [-0.3, -0.25) is 43.3 Å². The number of carbonyl (C=O) groups excluding carboxylic acids is 8. The molecule has 0 aromatic heterocycles. The lowest BCUT2D eigenvalue weighted by Gasteiger charge is -2.41. The Labute approximate surface area is 484 Å². The van der Waals surface area contributed by atoms with Crippen molar-refractivity contribution in [2.75, 3.05) is 40.2 Å². The number of nitrogens with zero attached hydrogens (tertiary/aromatic N) is 3. The van der Waals surface area contributed by atoms with Crippen molar-refractivity contribution < 1.29 is 67.6 Å². The molecule has 1 aliphatic rings. The van der Waals surface area contributed by atoms with E-state index in [1.165, 1.54) is 33.1 Å². The van der Waals surface area contributed by atoms with Crippen molar-refractivity contribution in [3.8, 4) is 0 Å². The van der Waals surface area contributed by atoms with Gasteiger partial charge in [-0.1, -0.05) is 111 Å². The maximum absolute atomic E-state index is 14.7. The van der Waals surface area contributed by atoms with Crippen molar-refractivity contribution in [1.82, 2.24) is 36.0 Å². The maximum Gasteiger partial charge on any atom is 0.410 e. The number of aliphatic hydroxyl groups excluding tert-OH is 1. The molecule has 0 bridgehead atoms. The second-order valence-corrected chi connectivity index (χ2v) is 22.8. The molecule has 82 heavy (non-hydrogen) atoms. The summed E-state index contributed by atoms with van der Waals surface area (Å²) in [5.41, 5.74) is 1.62. The zero-order valence-electron chi connectivity index (χ0n) is 50.9. The molecule has 22 nitrogen and oxygen atoms in total. The van der Waals surface area contributed by atoms with E-state index in [1.54, 1.807) is 109 Å². The van der Waals surface area contributed by atoms with Crippen molar-refractivity contribution in [3.05, 3.63) is 65.7 Å². The Kier molecular flexibility index (Phi) is 28.4. The van der Waals surface area contributed by atoms with Crippen LogP contribution in [0.3, 0.4) is 0 Å². The number of carboxylic acid groups (broad SMARTS) is 1. The minimum atomic E-state index is -1.06. The van der Waals surface area contributed by atoms with E-state index in [0.29, 0.717) is 42.6 Å². The first-order valence-corrected chi connectivity index (χ1v) is 28.7. The third kappa shape index (κ3) is 20.1. The zero-order valence-corrected chi connectivity index (χ0v) is 50.9. The van der Waals surface area contributed by atoms with Crippen LogP contribution in [0.5, 0.6) is 0 Å². The van der Waals surface area contributed by atoms with Crippen molar-refractivity contribution >= 4 is 59.1 Å². The minimum Gasteiger partial charge on any atom is -0.481 e. The van der Waals surface area contributed by atoms with Gasteiger partial charge in [0.15, 0.2) is 0 Å². The van der Waals surface area contributed by atoms with Gasteiger partial charge in [0, 0.05) is 53.4 Å². The van der Waals surface area contributed by atoms with Gasteiger partial charge in [-0.15, -0.1) is 0 Å². The Morgan fingerprint density at radius 3 is 1.88 bits per heavy atom. The number of hydrogen-bond acceptors (Lipinski definition) is 13. The maximum atomic E-state index is 14.7. The molecule has 0 unspecified atom stereocenters. The van der Waals surface area contributed by atoms with Gasteiger partial charge >= 0.3 is 12.1 Å². The smallest absolute Gasteiger partial charge is 0.410 e. The molecule has 1 heterocycles. The number of methoxy groups -OCH3 is 2. The molecular weight excluding hydrogens is 1060 g/mol. The number of anilines is 1. The fourth-order valence-electron chi connectivity index (χ4n) is 10.4. The van der Waals surface area contributed by atoms with Gasteiger partial charge in [-0.25, -0.2) is 4.79 Å². The predicted molar refractivity (Wildman–Crippen MR) is 309 cm³/mol. The van der Waals surface area contributed by atoms with Crippen LogP contribution in [0.2, 0.25) is 0 Å². The normalized spacial score (nSPS) is 17.4. The van der Waals surface area contributed by atoms with Gasteiger partial charge < -0.3 is 60.8 Å². The molecule has 8 amide bonds.